The molecule has 2 aromatic carbocycles. The smallest absolute Gasteiger partial charge is 0.254 e. The number of benzene rings is 2. The van der Waals surface area contributed by atoms with Crippen molar-refractivity contribution in [3.8, 4) is 0 Å². The van der Waals surface area contributed by atoms with Gasteiger partial charge in [0.1, 0.15) is 0 Å². The van der Waals surface area contributed by atoms with Crippen LogP contribution in [-0.4, -0.2) is 41.4 Å². The van der Waals surface area contributed by atoms with E-state index in [-0.39, 0.29) is 11.9 Å². The van der Waals surface area contributed by atoms with Crippen LogP contribution in [0.2, 0.25) is 0 Å². The van der Waals surface area contributed by atoms with Crippen LogP contribution in [0.3, 0.4) is 0 Å². The van der Waals surface area contributed by atoms with Crippen LogP contribution in [0.25, 0.3) is 10.8 Å². The molecule has 2 atom stereocenters. The number of hydrogen-bond donors (Lipinski definition) is 3. The predicted molar refractivity (Wildman–Crippen MR) is 116 cm³/mol. The van der Waals surface area contributed by atoms with E-state index in [1.807, 2.05) is 35.2 Å². The van der Waals surface area contributed by atoms with Crippen LogP contribution in [0.15, 0.2) is 42.5 Å². The Bertz CT molecular complexity index is 776. The maximum Gasteiger partial charge on any atom is 0.254 e. The summed E-state index contributed by atoms with van der Waals surface area (Å²) < 4.78 is 0. The number of nitrogens with zero attached hydrogens (tertiary/aromatic N) is 1. The molecule has 1 saturated heterocycles. The van der Waals surface area contributed by atoms with Crippen molar-refractivity contribution in [3.63, 3.8) is 0 Å². The zero-order valence-electron chi connectivity index (χ0n) is 16.2. The number of piperazine rings is 1. The molecule has 0 radical (unpaired) electrons. The molecule has 1 heterocycles. The van der Waals surface area contributed by atoms with Crippen LogP contribution in [0.1, 0.15) is 49.4 Å². The second kappa shape index (κ2) is 9.09. The normalized spacial score (nSPS) is 22.9. The highest BCUT2D eigenvalue weighted by Crippen LogP contribution is 2.28. The van der Waals surface area contributed by atoms with Gasteiger partial charge < -0.3 is 10.6 Å². The second-order valence-electron chi connectivity index (χ2n) is 7.48. The van der Waals surface area contributed by atoms with Crippen LogP contribution < -0.4 is 11.1 Å². The number of rotatable bonds is 7. The zero-order valence-corrected chi connectivity index (χ0v) is 17.1. The second-order valence-corrected chi connectivity index (χ2v) is 7.92. The van der Waals surface area contributed by atoms with Gasteiger partial charge >= 0.3 is 0 Å². The number of unbranched alkanes of at least 4 members (excludes halogenated alkanes) is 1. The zero-order chi connectivity index (χ0) is 19.3. The molecule has 0 spiro atoms. The van der Waals surface area contributed by atoms with Crippen molar-refractivity contribution in [2.24, 2.45) is 5.73 Å². The SMILES string of the molecule is CCCC[C@]1(N)NCCN(C(=O)c2cccc3ccccc23)C1CCCS. The summed E-state index contributed by atoms with van der Waals surface area (Å²) in [5, 5.41) is 5.62. The fourth-order valence-electron chi connectivity index (χ4n) is 4.19. The molecule has 1 amide bonds. The van der Waals surface area contributed by atoms with Gasteiger partial charge in [0.05, 0.1) is 11.7 Å². The molecule has 1 aliphatic rings. The topological polar surface area (TPSA) is 58.4 Å². The first-order valence-corrected chi connectivity index (χ1v) is 10.7. The number of carbonyl (C=O) groups is 1. The molecule has 146 valence electrons. The molecular weight excluding hydrogens is 354 g/mol. The van der Waals surface area contributed by atoms with Crippen LogP contribution in [0, 0.1) is 0 Å². The highest BCUT2D eigenvalue weighted by atomic mass is 32.1. The highest BCUT2D eigenvalue weighted by molar-refractivity contribution is 7.80. The van der Waals surface area contributed by atoms with Crippen molar-refractivity contribution in [3.05, 3.63) is 48.0 Å². The summed E-state index contributed by atoms with van der Waals surface area (Å²) in [7, 11) is 0. The van der Waals surface area contributed by atoms with E-state index in [0.29, 0.717) is 6.54 Å². The lowest BCUT2D eigenvalue weighted by molar-refractivity contribution is 0.0317. The maximum atomic E-state index is 13.6. The van der Waals surface area contributed by atoms with Gasteiger partial charge in [-0.15, -0.1) is 0 Å². The molecule has 1 fully saturated rings. The molecule has 5 heteroatoms. The van der Waals surface area contributed by atoms with E-state index in [9.17, 15) is 4.79 Å². The van der Waals surface area contributed by atoms with Gasteiger partial charge in [0.15, 0.2) is 0 Å². The molecule has 2 aromatic rings. The van der Waals surface area contributed by atoms with E-state index < -0.39 is 5.66 Å². The van der Waals surface area contributed by atoms with Crippen LogP contribution in [-0.2, 0) is 0 Å². The van der Waals surface area contributed by atoms with Gasteiger partial charge in [-0.1, -0.05) is 56.2 Å². The molecular formula is C22H31N3OS. The number of hydrogen-bond acceptors (Lipinski definition) is 4. The molecule has 0 bridgehead atoms. The Morgan fingerprint density at radius 2 is 2.04 bits per heavy atom. The van der Waals surface area contributed by atoms with Gasteiger partial charge in [0, 0.05) is 18.7 Å². The standard InChI is InChI=1S/C22H31N3OS/c1-2-3-13-22(23)20(12-7-16-27)25(15-14-24-22)21(26)19-11-6-9-17-8-4-5-10-18(17)19/h4-6,8-11,20,24,27H,2-3,7,12-16,23H2,1H3/t20?,22-/m0/s1. The Morgan fingerprint density at radius 1 is 1.26 bits per heavy atom. The van der Waals surface area contributed by atoms with Gasteiger partial charge in [-0.25, -0.2) is 0 Å². The summed E-state index contributed by atoms with van der Waals surface area (Å²) in [5.74, 6) is 0.889. The van der Waals surface area contributed by atoms with Gasteiger partial charge in [0.2, 0.25) is 0 Å². The van der Waals surface area contributed by atoms with Crippen molar-refractivity contribution >= 4 is 29.3 Å². The van der Waals surface area contributed by atoms with Crippen molar-refractivity contribution in [2.45, 2.75) is 50.7 Å². The number of fused-ring (bicyclic) bond motifs is 1. The highest BCUT2D eigenvalue weighted by Gasteiger charge is 2.42. The molecule has 3 N–H and O–H groups in total. The van der Waals surface area contributed by atoms with Crippen LogP contribution in [0.4, 0.5) is 0 Å². The predicted octanol–water partition coefficient (Wildman–Crippen LogP) is 3.81. The van der Waals surface area contributed by atoms with Gasteiger partial charge in [-0.05, 0) is 41.9 Å². The van der Waals surface area contributed by atoms with Crippen molar-refractivity contribution in [1.29, 1.82) is 0 Å². The lowest BCUT2D eigenvalue weighted by Gasteiger charge is -2.49. The number of thiol groups is 1. The number of amides is 1. The third-order valence-electron chi connectivity index (χ3n) is 5.64. The van der Waals surface area contributed by atoms with E-state index in [2.05, 4.69) is 37.0 Å². The molecule has 4 nitrogen and oxygen atoms in total. The molecule has 0 aromatic heterocycles. The quantitative estimate of drug-likeness (QED) is 0.635. The Morgan fingerprint density at radius 3 is 2.81 bits per heavy atom. The summed E-state index contributed by atoms with van der Waals surface area (Å²) in [6, 6.07) is 14.0. The third kappa shape index (κ3) is 4.31. The molecule has 0 saturated carbocycles. The monoisotopic (exact) mass is 385 g/mol. The first-order valence-electron chi connectivity index (χ1n) is 10.0. The molecule has 3 rings (SSSR count). The Labute approximate surface area is 167 Å². The van der Waals surface area contributed by atoms with Crippen molar-refractivity contribution in [2.75, 3.05) is 18.8 Å². The fourth-order valence-corrected chi connectivity index (χ4v) is 4.38. The van der Waals surface area contributed by atoms with Gasteiger partial charge in [-0.3, -0.25) is 10.1 Å². The lowest BCUT2D eigenvalue weighted by Crippen LogP contribution is -2.72. The van der Waals surface area contributed by atoms with Crippen molar-refractivity contribution in [1.82, 2.24) is 10.2 Å². The average molecular weight is 386 g/mol. The Hall–Kier alpha value is -1.56. The summed E-state index contributed by atoms with van der Waals surface area (Å²) in [4.78, 5) is 15.6. The van der Waals surface area contributed by atoms with Crippen molar-refractivity contribution < 1.29 is 4.79 Å². The lowest BCUT2D eigenvalue weighted by atomic mass is 9.87. The molecule has 1 aliphatic heterocycles. The van der Waals surface area contributed by atoms with E-state index in [4.69, 9.17) is 5.73 Å². The number of carbonyl (C=O) groups excluding carboxylic acids is 1. The largest absolute Gasteiger partial charge is 0.331 e. The van der Waals surface area contributed by atoms with Crippen LogP contribution in [0.5, 0.6) is 0 Å². The summed E-state index contributed by atoms with van der Waals surface area (Å²) in [6.45, 7) is 3.59. The van der Waals surface area contributed by atoms with E-state index >= 15 is 0 Å². The average Bonchev–Trinajstić information content (AvgIpc) is 2.70. The van der Waals surface area contributed by atoms with E-state index in [0.717, 1.165) is 60.7 Å². The fraction of sp³-hybridized carbons (Fsp3) is 0.500. The minimum Gasteiger partial charge on any atom is -0.331 e. The summed E-state index contributed by atoms with van der Waals surface area (Å²) in [6.07, 6.45) is 4.83. The summed E-state index contributed by atoms with van der Waals surface area (Å²) >= 11 is 4.38. The van der Waals surface area contributed by atoms with E-state index in [1.165, 1.54) is 0 Å². The molecule has 0 aliphatic carbocycles. The molecule has 27 heavy (non-hydrogen) atoms. The summed E-state index contributed by atoms with van der Waals surface area (Å²) in [5.41, 5.74) is 7.06. The first kappa shape index (κ1) is 20.2. The molecule has 1 unspecified atom stereocenters. The number of nitrogens with two attached hydrogens (primary N) is 1. The third-order valence-corrected chi connectivity index (χ3v) is 5.95. The van der Waals surface area contributed by atoms with E-state index in [1.54, 1.807) is 0 Å². The van der Waals surface area contributed by atoms with Gasteiger partial charge in [0.25, 0.3) is 5.91 Å². The number of nitrogens with one attached hydrogen (secondary N) is 1. The Balaban J connectivity index is 1.94. The maximum absolute atomic E-state index is 13.6. The Kier molecular flexibility index (Phi) is 6.79. The minimum atomic E-state index is -0.530. The van der Waals surface area contributed by atoms with Gasteiger partial charge in [-0.2, -0.15) is 12.6 Å². The van der Waals surface area contributed by atoms with Crippen LogP contribution >= 0.6 is 12.6 Å². The minimum absolute atomic E-state index is 0.0172. The first-order chi connectivity index (χ1) is 13.1.